The lowest BCUT2D eigenvalue weighted by Gasteiger charge is -2.20. The first-order valence-electron chi connectivity index (χ1n) is 6.31. The number of nitrogens with two attached hydrogens (primary N) is 1. The van der Waals surface area contributed by atoms with Gasteiger partial charge in [-0.3, -0.25) is 0 Å². The zero-order valence-electron chi connectivity index (χ0n) is 11.6. The van der Waals surface area contributed by atoms with E-state index in [1.165, 1.54) is 0 Å². The van der Waals surface area contributed by atoms with Crippen LogP contribution in [0.25, 0.3) is 0 Å². The standard InChI is InChI=1S/C14H24N2O2/c1-12(10-15)11-16(2)8-9-18-14-6-4-13(17-3)5-7-14/h4-7,12H,8-11,15H2,1-3H3. The molecule has 0 aliphatic rings. The highest BCUT2D eigenvalue weighted by Gasteiger charge is 2.04. The van der Waals surface area contributed by atoms with Gasteiger partial charge in [0.15, 0.2) is 0 Å². The molecule has 0 bridgehead atoms. The summed E-state index contributed by atoms with van der Waals surface area (Å²) in [6, 6.07) is 7.63. The van der Waals surface area contributed by atoms with Gasteiger partial charge in [-0.25, -0.2) is 0 Å². The van der Waals surface area contributed by atoms with Gasteiger partial charge in [0, 0.05) is 13.1 Å². The average Bonchev–Trinajstić information content (AvgIpc) is 2.39. The van der Waals surface area contributed by atoms with Gasteiger partial charge >= 0.3 is 0 Å². The smallest absolute Gasteiger partial charge is 0.119 e. The molecule has 1 atom stereocenters. The molecule has 0 saturated heterocycles. The highest BCUT2D eigenvalue weighted by atomic mass is 16.5. The van der Waals surface area contributed by atoms with Gasteiger partial charge in [-0.2, -0.15) is 0 Å². The van der Waals surface area contributed by atoms with Gasteiger partial charge in [0.2, 0.25) is 0 Å². The van der Waals surface area contributed by atoms with Gasteiger partial charge in [0.1, 0.15) is 18.1 Å². The van der Waals surface area contributed by atoms with Crippen LogP contribution in [0.1, 0.15) is 6.92 Å². The van der Waals surface area contributed by atoms with Crippen LogP contribution in [0, 0.1) is 5.92 Å². The number of hydrogen-bond donors (Lipinski definition) is 1. The van der Waals surface area contributed by atoms with Crippen LogP contribution in [0.2, 0.25) is 0 Å². The van der Waals surface area contributed by atoms with E-state index in [2.05, 4.69) is 18.9 Å². The Bertz CT molecular complexity index is 327. The molecule has 0 spiro atoms. The van der Waals surface area contributed by atoms with Crippen molar-refractivity contribution >= 4 is 0 Å². The second-order valence-electron chi connectivity index (χ2n) is 4.63. The third-order valence-electron chi connectivity index (χ3n) is 2.83. The molecule has 102 valence electrons. The molecule has 4 nitrogen and oxygen atoms in total. The van der Waals surface area contributed by atoms with Crippen molar-refractivity contribution in [1.82, 2.24) is 4.90 Å². The molecule has 0 fully saturated rings. The Balaban J connectivity index is 2.24. The predicted octanol–water partition coefficient (Wildman–Crippen LogP) is 1.60. The van der Waals surface area contributed by atoms with Gasteiger partial charge in [-0.05, 0) is 43.8 Å². The maximum atomic E-state index is 5.66. The Hall–Kier alpha value is -1.26. The number of likely N-dealkylation sites (N-methyl/N-ethyl adjacent to an activating group) is 1. The third-order valence-corrected chi connectivity index (χ3v) is 2.83. The van der Waals surface area contributed by atoms with Crippen LogP contribution >= 0.6 is 0 Å². The Morgan fingerprint density at radius 2 is 1.83 bits per heavy atom. The van der Waals surface area contributed by atoms with Gasteiger partial charge in [-0.1, -0.05) is 6.92 Å². The van der Waals surface area contributed by atoms with Crippen LogP contribution < -0.4 is 15.2 Å². The molecule has 0 saturated carbocycles. The lowest BCUT2D eigenvalue weighted by atomic mass is 10.2. The largest absolute Gasteiger partial charge is 0.497 e. The highest BCUT2D eigenvalue weighted by Crippen LogP contribution is 2.16. The van der Waals surface area contributed by atoms with Crippen LogP contribution in [-0.4, -0.2) is 45.3 Å². The third kappa shape index (κ3) is 5.38. The van der Waals surface area contributed by atoms with Gasteiger partial charge < -0.3 is 20.1 Å². The summed E-state index contributed by atoms with van der Waals surface area (Å²) in [5.41, 5.74) is 5.60. The quantitative estimate of drug-likeness (QED) is 0.763. The highest BCUT2D eigenvalue weighted by molar-refractivity contribution is 5.31. The zero-order chi connectivity index (χ0) is 13.4. The molecular weight excluding hydrogens is 228 g/mol. The SMILES string of the molecule is COc1ccc(OCCN(C)CC(C)CN)cc1. The zero-order valence-corrected chi connectivity index (χ0v) is 11.6. The van der Waals surface area contributed by atoms with Crippen LogP contribution in [0.5, 0.6) is 11.5 Å². The molecule has 0 heterocycles. The number of rotatable bonds is 8. The second kappa shape index (κ2) is 7.95. The van der Waals surface area contributed by atoms with E-state index in [-0.39, 0.29) is 0 Å². The minimum atomic E-state index is 0.524. The van der Waals surface area contributed by atoms with Crippen molar-refractivity contribution in [2.45, 2.75) is 6.92 Å². The van der Waals surface area contributed by atoms with Crippen LogP contribution in [0.15, 0.2) is 24.3 Å². The number of benzene rings is 1. The van der Waals surface area contributed by atoms with Crippen LogP contribution in [0.3, 0.4) is 0 Å². The van der Waals surface area contributed by atoms with Crippen LogP contribution in [0.4, 0.5) is 0 Å². The fourth-order valence-corrected chi connectivity index (χ4v) is 1.69. The van der Waals surface area contributed by atoms with E-state index in [0.29, 0.717) is 12.5 Å². The maximum absolute atomic E-state index is 5.66. The van der Waals surface area contributed by atoms with Crippen molar-refractivity contribution in [1.29, 1.82) is 0 Å². The fraction of sp³-hybridized carbons (Fsp3) is 0.571. The van der Waals surface area contributed by atoms with Crippen molar-refractivity contribution in [3.05, 3.63) is 24.3 Å². The summed E-state index contributed by atoms with van der Waals surface area (Å²) in [7, 11) is 3.74. The van der Waals surface area contributed by atoms with Crippen LogP contribution in [-0.2, 0) is 0 Å². The molecular formula is C14H24N2O2. The summed E-state index contributed by atoms with van der Waals surface area (Å²) in [5.74, 6) is 2.24. The monoisotopic (exact) mass is 252 g/mol. The van der Waals surface area contributed by atoms with Crippen molar-refractivity contribution in [2.24, 2.45) is 11.7 Å². The minimum Gasteiger partial charge on any atom is -0.497 e. The first-order valence-corrected chi connectivity index (χ1v) is 6.31. The second-order valence-corrected chi connectivity index (χ2v) is 4.63. The molecule has 2 N–H and O–H groups in total. The van der Waals surface area contributed by atoms with E-state index in [0.717, 1.165) is 31.1 Å². The minimum absolute atomic E-state index is 0.524. The summed E-state index contributed by atoms with van der Waals surface area (Å²) in [4.78, 5) is 2.24. The first-order chi connectivity index (χ1) is 8.65. The lowest BCUT2D eigenvalue weighted by Crippen LogP contribution is -2.31. The van der Waals surface area contributed by atoms with E-state index in [1.54, 1.807) is 7.11 Å². The molecule has 1 aromatic carbocycles. The summed E-state index contributed by atoms with van der Waals surface area (Å²) in [6.45, 7) is 5.46. The molecule has 1 unspecified atom stereocenters. The van der Waals surface area contributed by atoms with E-state index < -0.39 is 0 Å². The van der Waals surface area contributed by atoms with E-state index in [1.807, 2.05) is 24.3 Å². The molecule has 1 aromatic rings. The van der Waals surface area contributed by atoms with E-state index in [4.69, 9.17) is 15.2 Å². The molecule has 0 amide bonds. The van der Waals surface area contributed by atoms with Crippen molar-refractivity contribution in [2.75, 3.05) is 40.4 Å². The fourth-order valence-electron chi connectivity index (χ4n) is 1.69. The number of hydrogen-bond acceptors (Lipinski definition) is 4. The molecule has 0 aliphatic heterocycles. The Morgan fingerprint density at radius 3 is 2.39 bits per heavy atom. The van der Waals surface area contributed by atoms with E-state index in [9.17, 15) is 0 Å². The molecule has 18 heavy (non-hydrogen) atoms. The molecule has 4 heteroatoms. The Kier molecular flexibility index (Phi) is 6.54. The van der Waals surface area contributed by atoms with Gasteiger partial charge in [0.25, 0.3) is 0 Å². The summed E-state index contributed by atoms with van der Waals surface area (Å²) < 4.78 is 10.8. The summed E-state index contributed by atoms with van der Waals surface area (Å²) in [5, 5.41) is 0. The average molecular weight is 252 g/mol. The normalized spacial score (nSPS) is 12.5. The number of ether oxygens (including phenoxy) is 2. The molecule has 0 aliphatic carbocycles. The van der Waals surface area contributed by atoms with Crippen molar-refractivity contribution in [3.8, 4) is 11.5 Å². The van der Waals surface area contributed by atoms with Crippen molar-refractivity contribution < 1.29 is 9.47 Å². The molecule has 0 radical (unpaired) electrons. The Labute approximate surface area is 110 Å². The topological polar surface area (TPSA) is 47.7 Å². The predicted molar refractivity (Wildman–Crippen MR) is 74.2 cm³/mol. The number of methoxy groups -OCH3 is 1. The molecule has 1 rings (SSSR count). The van der Waals surface area contributed by atoms with Gasteiger partial charge in [0.05, 0.1) is 7.11 Å². The van der Waals surface area contributed by atoms with E-state index >= 15 is 0 Å². The lowest BCUT2D eigenvalue weighted by molar-refractivity contribution is 0.220. The molecule has 0 aromatic heterocycles. The van der Waals surface area contributed by atoms with Gasteiger partial charge in [-0.15, -0.1) is 0 Å². The Morgan fingerprint density at radius 1 is 1.22 bits per heavy atom. The van der Waals surface area contributed by atoms with Crippen molar-refractivity contribution in [3.63, 3.8) is 0 Å². The summed E-state index contributed by atoms with van der Waals surface area (Å²) in [6.07, 6.45) is 0. The summed E-state index contributed by atoms with van der Waals surface area (Å²) >= 11 is 0. The first kappa shape index (κ1) is 14.8. The number of nitrogens with zero attached hydrogens (tertiary/aromatic N) is 1. The maximum Gasteiger partial charge on any atom is 0.119 e.